The van der Waals surface area contributed by atoms with Gasteiger partial charge in [0.05, 0.1) is 11.1 Å². The molecule has 0 unspecified atom stereocenters. The number of non-ortho nitro benzene ring substituents is 1. The summed E-state index contributed by atoms with van der Waals surface area (Å²) < 4.78 is 0. The Balaban J connectivity index is 2.22. The monoisotopic (exact) mass is 294 g/mol. The Bertz CT molecular complexity index is 892. The summed E-state index contributed by atoms with van der Waals surface area (Å²) in [5.74, 6) is 0.00371. The minimum absolute atomic E-state index is 0.0382. The number of carbonyl (C=O) groups excluding carboxylic acids is 1. The molecule has 22 heavy (non-hydrogen) atoms. The standard InChI is InChI=1S/C16H11N3O3/c17-16-14(15(20)10-4-2-1-3-5-10)13-7-6-12(19(21)22)8-11(13)9-18-16/h1-9H,(H2,17,18)/p+1. The first-order chi connectivity index (χ1) is 10.6. The number of H-pyrrole nitrogens is 1. The highest BCUT2D eigenvalue weighted by atomic mass is 16.6. The first-order valence-electron chi connectivity index (χ1n) is 6.56. The minimum atomic E-state index is -0.478. The van der Waals surface area contributed by atoms with E-state index in [0.29, 0.717) is 21.9 Å². The number of anilines is 1. The molecule has 3 rings (SSSR count). The molecular weight excluding hydrogens is 282 g/mol. The largest absolute Gasteiger partial charge is 0.288 e. The zero-order valence-electron chi connectivity index (χ0n) is 11.4. The molecule has 0 spiro atoms. The number of carbonyl (C=O) groups is 1. The molecule has 108 valence electrons. The number of hydrogen-bond donors (Lipinski definition) is 1. The van der Waals surface area contributed by atoms with Gasteiger partial charge in [-0.05, 0) is 6.07 Å². The molecule has 0 saturated carbocycles. The van der Waals surface area contributed by atoms with Gasteiger partial charge in [0.2, 0.25) is 5.78 Å². The van der Waals surface area contributed by atoms with E-state index in [4.69, 9.17) is 5.73 Å². The fraction of sp³-hybridized carbons (Fsp3) is 0. The zero-order valence-corrected chi connectivity index (χ0v) is 11.4. The van der Waals surface area contributed by atoms with Gasteiger partial charge in [-0.25, -0.2) is 4.98 Å². The number of nitrogen functional groups attached to an aromatic ring is 1. The lowest BCUT2D eigenvalue weighted by atomic mass is 9.98. The van der Waals surface area contributed by atoms with Crippen molar-refractivity contribution < 1.29 is 14.7 Å². The van der Waals surface area contributed by atoms with E-state index in [2.05, 4.69) is 4.98 Å². The van der Waals surface area contributed by atoms with E-state index in [9.17, 15) is 14.9 Å². The number of nitrogens with two attached hydrogens (primary N) is 1. The van der Waals surface area contributed by atoms with Crippen LogP contribution >= 0.6 is 0 Å². The Kier molecular flexibility index (Phi) is 3.27. The number of aromatic nitrogens is 1. The molecular formula is C16H12N3O3+. The Morgan fingerprint density at radius 2 is 1.86 bits per heavy atom. The fourth-order valence-corrected chi connectivity index (χ4v) is 2.36. The number of rotatable bonds is 3. The van der Waals surface area contributed by atoms with Crippen LogP contribution in [0.25, 0.3) is 10.8 Å². The lowest BCUT2D eigenvalue weighted by molar-refractivity contribution is -0.384. The van der Waals surface area contributed by atoms with Crippen LogP contribution in [-0.2, 0) is 0 Å². The average molecular weight is 294 g/mol. The van der Waals surface area contributed by atoms with Gasteiger partial charge in [0.15, 0.2) is 0 Å². The first-order valence-corrected chi connectivity index (χ1v) is 6.56. The van der Waals surface area contributed by atoms with Crippen molar-refractivity contribution in [3.8, 4) is 0 Å². The van der Waals surface area contributed by atoms with Crippen LogP contribution in [0.15, 0.2) is 54.7 Å². The topological polar surface area (TPSA) is 100 Å². The summed E-state index contributed by atoms with van der Waals surface area (Å²) in [7, 11) is 0. The highest BCUT2D eigenvalue weighted by Gasteiger charge is 2.21. The Morgan fingerprint density at radius 3 is 2.55 bits per heavy atom. The molecule has 1 heterocycles. The van der Waals surface area contributed by atoms with E-state index in [1.165, 1.54) is 12.1 Å². The van der Waals surface area contributed by atoms with Crippen LogP contribution in [0.2, 0.25) is 0 Å². The summed E-state index contributed by atoms with van der Waals surface area (Å²) in [4.78, 5) is 25.8. The Hall–Kier alpha value is -3.28. The predicted octanol–water partition coefficient (Wildman–Crippen LogP) is 2.38. The summed E-state index contributed by atoms with van der Waals surface area (Å²) in [6, 6.07) is 13.1. The number of hydrogen-bond acceptors (Lipinski definition) is 4. The van der Waals surface area contributed by atoms with Gasteiger partial charge in [-0.3, -0.25) is 20.6 Å². The third-order valence-corrected chi connectivity index (χ3v) is 3.43. The summed E-state index contributed by atoms with van der Waals surface area (Å²) in [6.45, 7) is 0. The molecule has 0 amide bonds. The molecule has 1 aromatic heterocycles. The molecule has 3 N–H and O–H groups in total. The van der Waals surface area contributed by atoms with E-state index >= 15 is 0 Å². The second kappa shape index (κ2) is 5.25. The van der Waals surface area contributed by atoms with Crippen molar-refractivity contribution in [2.75, 3.05) is 5.73 Å². The van der Waals surface area contributed by atoms with Crippen molar-refractivity contribution in [2.45, 2.75) is 0 Å². The van der Waals surface area contributed by atoms with Crippen LogP contribution in [-0.4, -0.2) is 10.7 Å². The van der Waals surface area contributed by atoms with Crippen LogP contribution in [0.4, 0.5) is 11.5 Å². The molecule has 2 aromatic carbocycles. The van der Waals surface area contributed by atoms with Crippen molar-refractivity contribution in [1.82, 2.24) is 0 Å². The quantitative estimate of drug-likeness (QED) is 0.455. The molecule has 0 aliphatic rings. The first kappa shape index (κ1) is 13.7. The second-order valence-corrected chi connectivity index (χ2v) is 4.80. The highest BCUT2D eigenvalue weighted by Crippen LogP contribution is 2.26. The number of fused-ring (bicyclic) bond motifs is 1. The van der Waals surface area contributed by atoms with Gasteiger partial charge in [0.1, 0.15) is 5.56 Å². The molecule has 0 fully saturated rings. The number of nitrogens with one attached hydrogen (secondary N) is 1. The summed E-state index contributed by atoms with van der Waals surface area (Å²) in [5, 5.41) is 12.0. The maximum atomic E-state index is 12.7. The lowest BCUT2D eigenvalue weighted by Gasteiger charge is -2.05. The van der Waals surface area contributed by atoms with Crippen LogP contribution < -0.4 is 10.7 Å². The molecule has 6 heteroatoms. The predicted molar refractivity (Wildman–Crippen MR) is 81.4 cm³/mol. The number of nitro benzene ring substituents is 1. The van der Waals surface area contributed by atoms with E-state index in [1.807, 2.05) is 6.07 Å². The van der Waals surface area contributed by atoms with Crippen LogP contribution in [0, 0.1) is 10.1 Å². The number of pyridine rings is 1. The van der Waals surface area contributed by atoms with E-state index in [1.54, 1.807) is 36.5 Å². The Labute approximate surface area is 125 Å². The molecule has 0 saturated heterocycles. The molecule has 0 radical (unpaired) electrons. The molecule has 0 bridgehead atoms. The van der Waals surface area contributed by atoms with Crippen LogP contribution in [0.3, 0.4) is 0 Å². The van der Waals surface area contributed by atoms with Crippen LogP contribution in [0.5, 0.6) is 0 Å². The zero-order chi connectivity index (χ0) is 15.7. The van der Waals surface area contributed by atoms with Crippen molar-refractivity contribution in [1.29, 1.82) is 0 Å². The van der Waals surface area contributed by atoms with Crippen molar-refractivity contribution in [3.05, 3.63) is 76.0 Å². The molecule has 0 atom stereocenters. The molecule has 3 aromatic rings. The number of aromatic amines is 1. The summed E-state index contributed by atoms with van der Waals surface area (Å²) in [6.07, 6.45) is 1.56. The molecule has 6 nitrogen and oxygen atoms in total. The van der Waals surface area contributed by atoms with Crippen LogP contribution in [0.1, 0.15) is 15.9 Å². The van der Waals surface area contributed by atoms with Crippen molar-refractivity contribution >= 4 is 28.1 Å². The second-order valence-electron chi connectivity index (χ2n) is 4.80. The summed E-state index contributed by atoms with van der Waals surface area (Å²) >= 11 is 0. The Morgan fingerprint density at radius 1 is 1.14 bits per heavy atom. The van der Waals surface area contributed by atoms with Gasteiger partial charge < -0.3 is 0 Å². The number of benzene rings is 2. The highest BCUT2D eigenvalue weighted by molar-refractivity contribution is 6.18. The van der Waals surface area contributed by atoms with Crippen molar-refractivity contribution in [3.63, 3.8) is 0 Å². The van der Waals surface area contributed by atoms with Gasteiger partial charge in [-0.2, -0.15) is 0 Å². The van der Waals surface area contributed by atoms with E-state index in [-0.39, 0.29) is 17.3 Å². The van der Waals surface area contributed by atoms with Gasteiger partial charge >= 0.3 is 0 Å². The average Bonchev–Trinajstić information content (AvgIpc) is 2.54. The molecule has 0 aliphatic carbocycles. The maximum Gasteiger partial charge on any atom is 0.282 e. The van der Waals surface area contributed by atoms with Gasteiger partial charge in [0, 0.05) is 28.5 Å². The number of nitrogens with zero attached hydrogens (tertiary/aromatic N) is 1. The normalized spacial score (nSPS) is 10.5. The molecule has 0 aliphatic heterocycles. The smallest absolute Gasteiger partial charge is 0.282 e. The third kappa shape index (κ3) is 2.26. The maximum absolute atomic E-state index is 12.7. The van der Waals surface area contributed by atoms with Gasteiger partial charge in [0.25, 0.3) is 11.5 Å². The fourth-order valence-electron chi connectivity index (χ4n) is 2.36. The minimum Gasteiger partial charge on any atom is -0.288 e. The summed E-state index contributed by atoms with van der Waals surface area (Å²) in [5.41, 5.74) is 6.70. The number of nitro groups is 1. The lowest BCUT2D eigenvalue weighted by Crippen LogP contribution is -2.17. The van der Waals surface area contributed by atoms with Gasteiger partial charge in [-0.15, -0.1) is 0 Å². The third-order valence-electron chi connectivity index (χ3n) is 3.43. The van der Waals surface area contributed by atoms with Gasteiger partial charge in [-0.1, -0.05) is 30.3 Å². The SMILES string of the molecule is Nc1[nH+]cc2cc([N+](=O)[O-])ccc2c1C(=O)c1ccccc1. The van der Waals surface area contributed by atoms with Crippen molar-refractivity contribution in [2.24, 2.45) is 0 Å². The number of ketones is 1. The van der Waals surface area contributed by atoms with E-state index in [0.717, 1.165) is 0 Å². The van der Waals surface area contributed by atoms with E-state index < -0.39 is 4.92 Å².